The van der Waals surface area contributed by atoms with Crippen molar-refractivity contribution in [3.05, 3.63) is 51.7 Å². The summed E-state index contributed by atoms with van der Waals surface area (Å²) < 4.78 is 5.65. The van der Waals surface area contributed by atoms with Crippen molar-refractivity contribution in [1.29, 1.82) is 0 Å². The lowest BCUT2D eigenvalue weighted by Crippen LogP contribution is -2.25. The van der Waals surface area contributed by atoms with Gasteiger partial charge in [0.1, 0.15) is 10.6 Å². The minimum Gasteiger partial charge on any atom is -0.491 e. The number of thiophene rings is 1. The Morgan fingerprint density at radius 2 is 1.83 bits per heavy atom. The summed E-state index contributed by atoms with van der Waals surface area (Å²) in [5.74, 6) is -0.561. The van der Waals surface area contributed by atoms with E-state index in [2.05, 4.69) is 5.32 Å². The highest BCUT2D eigenvalue weighted by molar-refractivity contribution is 7.15. The topological polar surface area (TPSA) is 75.6 Å². The van der Waals surface area contributed by atoms with Crippen LogP contribution < -0.4 is 10.1 Å². The maximum atomic E-state index is 12.2. The molecule has 1 atom stereocenters. The number of rotatable bonds is 6. The van der Waals surface area contributed by atoms with Crippen molar-refractivity contribution >= 4 is 23.2 Å². The van der Waals surface area contributed by atoms with Gasteiger partial charge in [0.2, 0.25) is 0 Å². The van der Waals surface area contributed by atoms with Crippen LogP contribution in [0.4, 0.5) is 0 Å². The maximum Gasteiger partial charge on any atom is 0.345 e. The van der Waals surface area contributed by atoms with Gasteiger partial charge >= 0.3 is 5.97 Å². The highest BCUT2D eigenvalue weighted by atomic mass is 32.1. The van der Waals surface area contributed by atoms with Gasteiger partial charge in [0.15, 0.2) is 0 Å². The predicted molar refractivity (Wildman–Crippen MR) is 89.4 cm³/mol. The summed E-state index contributed by atoms with van der Waals surface area (Å²) in [5.41, 5.74) is 0.923. The quantitative estimate of drug-likeness (QED) is 0.844. The Balaban J connectivity index is 2.07. The number of carbonyl (C=O) groups is 2. The number of hydrogen-bond donors (Lipinski definition) is 2. The minimum atomic E-state index is -1.03. The van der Waals surface area contributed by atoms with Gasteiger partial charge in [0.05, 0.1) is 17.0 Å². The molecule has 1 amide bonds. The van der Waals surface area contributed by atoms with E-state index >= 15 is 0 Å². The molecule has 122 valence electrons. The summed E-state index contributed by atoms with van der Waals surface area (Å²) in [7, 11) is 0. The van der Waals surface area contributed by atoms with E-state index in [4.69, 9.17) is 9.84 Å². The van der Waals surface area contributed by atoms with Crippen molar-refractivity contribution in [2.45, 2.75) is 32.9 Å². The fourth-order valence-corrected chi connectivity index (χ4v) is 2.80. The first-order valence-corrected chi connectivity index (χ1v) is 8.09. The van der Waals surface area contributed by atoms with Gasteiger partial charge in [0, 0.05) is 0 Å². The Kier molecular flexibility index (Phi) is 5.39. The summed E-state index contributed by atoms with van der Waals surface area (Å²) in [6, 6.07) is 10.3. The average molecular weight is 333 g/mol. The highest BCUT2D eigenvalue weighted by Crippen LogP contribution is 2.22. The van der Waals surface area contributed by atoms with Crippen LogP contribution in [0.25, 0.3) is 0 Å². The highest BCUT2D eigenvalue weighted by Gasteiger charge is 2.16. The number of amides is 1. The largest absolute Gasteiger partial charge is 0.491 e. The molecule has 0 aliphatic rings. The Morgan fingerprint density at radius 1 is 1.13 bits per heavy atom. The molecule has 0 fully saturated rings. The lowest BCUT2D eigenvalue weighted by atomic mass is 10.1. The fourth-order valence-electron chi connectivity index (χ4n) is 2.06. The van der Waals surface area contributed by atoms with E-state index in [-0.39, 0.29) is 22.9 Å². The van der Waals surface area contributed by atoms with Crippen molar-refractivity contribution in [2.75, 3.05) is 0 Å². The minimum absolute atomic E-state index is 0.0794. The lowest BCUT2D eigenvalue weighted by molar-refractivity contribution is 0.0702. The van der Waals surface area contributed by atoms with Crippen LogP contribution in [0.2, 0.25) is 0 Å². The number of ether oxygens (including phenoxy) is 1. The lowest BCUT2D eigenvalue weighted by Gasteiger charge is -2.16. The van der Waals surface area contributed by atoms with E-state index in [0.717, 1.165) is 22.6 Å². The van der Waals surface area contributed by atoms with Crippen LogP contribution in [-0.4, -0.2) is 23.1 Å². The Labute approximate surface area is 138 Å². The van der Waals surface area contributed by atoms with Crippen molar-refractivity contribution in [3.63, 3.8) is 0 Å². The summed E-state index contributed by atoms with van der Waals surface area (Å²) in [6.07, 6.45) is 0.0794. The summed E-state index contributed by atoms with van der Waals surface area (Å²) in [6.45, 7) is 5.78. The standard InChI is InChI=1S/C17H19NO4S/c1-10(2)22-13-6-4-5-12(9-13)11(3)18-16(19)14-7-8-15(23-14)17(20)21/h4-11H,1-3H3,(H,18,19)(H,20,21). The molecule has 5 nitrogen and oxygen atoms in total. The Morgan fingerprint density at radius 3 is 2.43 bits per heavy atom. The molecular formula is C17H19NO4S. The van der Waals surface area contributed by atoms with Crippen LogP contribution in [0.5, 0.6) is 5.75 Å². The molecule has 2 rings (SSSR count). The van der Waals surface area contributed by atoms with Gasteiger partial charge in [-0.15, -0.1) is 11.3 Å². The molecule has 1 unspecified atom stereocenters. The average Bonchev–Trinajstić information content (AvgIpc) is 2.97. The number of aromatic carboxylic acids is 1. The van der Waals surface area contributed by atoms with Crippen LogP contribution in [0.3, 0.4) is 0 Å². The van der Waals surface area contributed by atoms with Crippen molar-refractivity contribution in [3.8, 4) is 5.75 Å². The van der Waals surface area contributed by atoms with Gasteiger partial charge in [-0.2, -0.15) is 0 Å². The molecule has 2 aromatic rings. The van der Waals surface area contributed by atoms with E-state index in [0.29, 0.717) is 4.88 Å². The van der Waals surface area contributed by atoms with Crippen molar-refractivity contribution < 1.29 is 19.4 Å². The monoisotopic (exact) mass is 333 g/mol. The van der Waals surface area contributed by atoms with Gasteiger partial charge in [-0.1, -0.05) is 12.1 Å². The molecular weight excluding hydrogens is 314 g/mol. The van der Waals surface area contributed by atoms with E-state index in [9.17, 15) is 9.59 Å². The maximum absolute atomic E-state index is 12.2. The second-order valence-corrected chi connectivity index (χ2v) is 6.49. The van der Waals surface area contributed by atoms with E-state index in [1.54, 1.807) is 0 Å². The summed E-state index contributed by atoms with van der Waals surface area (Å²) in [4.78, 5) is 23.6. The van der Waals surface area contributed by atoms with Crippen LogP contribution in [0, 0.1) is 0 Å². The zero-order valence-corrected chi connectivity index (χ0v) is 14.0. The van der Waals surface area contributed by atoms with Crippen molar-refractivity contribution in [1.82, 2.24) is 5.32 Å². The van der Waals surface area contributed by atoms with Crippen LogP contribution in [0.1, 0.15) is 51.7 Å². The number of carboxylic acid groups (broad SMARTS) is 1. The second kappa shape index (κ2) is 7.28. The van der Waals surface area contributed by atoms with Crippen LogP contribution >= 0.6 is 11.3 Å². The smallest absolute Gasteiger partial charge is 0.345 e. The first-order valence-electron chi connectivity index (χ1n) is 7.27. The Bertz CT molecular complexity index is 708. The molecule has 0 aliphatic carbocycles. The number of hydrogen-bond acceptors (Lipinski definition) is 4. The zero-order chi connectivity index (χ0) is 17.0. The normalized spacial score (nSPS) is 12.0. The molecule has 23 heavy (non-hydrogen) atoms. The molecule has 0 saturated heterocycles. The molecule has 2 N–H and O–H groups in total. The summed E-state index contributed by atoms with van der Waals surface area (Å²) >= 11 is 0.962. The number of nitrogens with one attached hydrogen (secondary N) is 1. The van der Waals surface area contributed by atoms with E-state index in [1.165, 1.54) is 12.1 Å². The molecule has 0 radical (unpaired) electrons. The third-order valence-electron chi connectivity index (χ3n) is 3.12. The first kappa shape index (κ1) is 17.0. The SMILES string of the molecule is CC(C)Oc1cccc(C(C)NC(=O)c2ccc(C(=O)O)s2)c1. The van der Waals surface area contributed by atoms with Gasteiger partial charge in [-0.25, -0.2) is 4.79 Å². The van der Waals surface area contributed by atoms with Crippen molar-refractivity contribution in [2.24, 2.45) is 0 Å². The van der Waals surface area contributed by atoms with E-state index < -0.39 is 5.97 Å². The molecule has 0 aliphatic heterocycles. The first-order chi connectivity index (χ1) is 10.9. The molecule has 0 spiro atoms. The third kappa shape index (κ3) is 4.56. The number of carbonyl (C=O) groups excluding carboxylic acids is 1. The fraction of sp³-hybridized carbons (Fsp3) is 0.294. The van der Waals surface area contributed by atoms with Crippen LogP contribution in [-0.2, 0) is 0 Å². The van der Waals surface area contributed by atoms with Gasteiger partial charge in [-0.3, -0.25) is 4.79 Å². The number of carboxylic acids is 1. The predicted octanol–water partition coefficient (Wildman–Crippen LogP) is 3.72. The molecule has 1 heterocycles. The number of benzene rings is 1. The molecule has 6 heteroatoms. The molecule has 0 saturated carbocycles. The van der Waals surface area contributed by atoms with Gasteiger partial charge < -0.3 is 15.2 Å². The molecule has 1 aromatic heterocycles. The molecule has 1 aromatic carbocycles. The zero-order valence-electron chi connectivity index (χ0n) is 13.2. The summed E-state index contributed by atoms with van der Waals surface area (Å²) in [5, 5.41) is 11.8. The van der Waals surface area contributed by atoms with Crippen LogP contribution in [0.15, 0.2) is 36.4 Å². The molecule has 0 bridgehead atoms. The van der Waals surface area contributed by atoms with Gasteiger partial charge in [0.25, 0.3) is 5.91 Å². The second-order valence-electron chi connectivity index (χ2n) is 5.40. The van der Waals surface area contributed by atoms with Gasteiger partial charge in [-0.05, 0) is 50.6 Å². The van der Waals surface area contributed by atoms with E-state index in [1.807, 2.05) is 45.0 Å². The Hall–Kier alpha value is -2.34. The third-order valence-corrected chi connectivity index (χ3v) is 4.19.